The molecule has 0 amide bonds. The van der Waals surface area contributed by atoms with E-state index in [9.17, 15) is 39.3 Å². The van der Waals surface area contributed by atoms with Crippen LogP contribution in [-0.2, 0) is 38.2 Å². The summed E-state index contributed by atoms with van der Waals surface area (Å²) in [6.07, 6.45) is 14.8. The van der Waals surface area contributed by atoms with Gasteiger partial charge in [0.2, 0.25) is 5.78 Å². The lowest BCUT2D eigenvalue weighted by Gasteiger charge is -2.34. The van der Waals surface area contributed by atoms with Gasteiger partial charge in [-0.25, -0.2) is 4.79 Å². The average molecular weight is 847 g/mol. The number of Topliss-reactive ketones (excluding diaryl/α,β-unsaturated/α-hetero) is 3. The van der Waals surface area contributed by atoms with E-state index in [1.165, 1.54) is 19.1 Å². The fraction of sp³-hybridized carbons (Fsp3) is 0.700. The van der Waals surface area contributed by atoms with E-state index in [1.807, 2.05) is 39.0 Å². The molecule has 0 aromatic heterocycles. The van der Waals surface area contributed by atoms with Crippen molar-refractivity contribution in [3.8, 4) is 0 Å². The molecule has 1 heterocycles. The maximum Gasteiger partial charge on any atom is 0.331 e. The number of fused-ring (bicyclic) bond motifs is 6. The van der Waals surface area contributed by atoms with Crippen molar-refractivity contribution in [3.05, 3.63) is 59.3 Å². The van der Waals surface area contributed by atoms with Crippen molar-refractivity contribution >= 4 is 29.3 Å². The van der Waals surface area contributed by atoms with Gasteiger partial charge >= 0.3 is 11.9 Å². The van der Waals surface area contributed by atoms with Crippen LogP contribution in [0.1, 0.15) is 128 Å². The number of ketones is 3. The zero-order valence-corrected chi connectivity index (χ0v) is 38.4. The topological polar surface area (TPSA) is 177 Å². The zero-order valence-electron chi connectivity index (χ0n) is 38.4. The molecule has 7 rings (SSSR count). The Labute approximate surface area is 362 Å². The van der Waals surface area contributed by atoms with Gasteiger partial charge in [-0.3, -0.25) is 19.2 Å². The van der Waals surface area contributed by atoms with Crippen LogP contribution in [0.25, 0.3) is 0 Å². The molecule has 61 heavy (non-hydrogen) atoms. The zero-order chi connectivity index (χ0) is 45.4. The molecule has 6 aliphatic carbocycles. The number of ether oxygens (including phenoxy) is 3. The third-order valence-electron chi connectivity index (χ3n) is 15.8. The fourth-order valence-electron chi connectivity index (χ4n) is 11.6. The van der Waals surface area contributed by atoms with Crippen molar-refractivity contribution < 1.29 is 53.5 Å². The number of carbonyl (C=O) groups excluding carboxylic acids is 5. The molecule has 336 valence electrons. The molecule has 6 unspecified atom stereocenters. The van der Waals surface area contributed by atoms with Crippen LogP contribution < -0.4 is 0 Å². The summed E-state index contributed by atoms with van der Waals surface area (Å²) in [5.41, 5.74) is -4.36. The van der Waals surface area contributed by atoms with Crippen molar-refractivity contribution in [1.82, 2.24) is 0 Å². The Balaban J connectivity index is 0.000000217. The van der Waals surface area contributed by atoms with Crippen molar-refractivity contribution in [2.24, 2.45) is 52.3 Å². The lowest BCUT2D eigenvalue weighted by atomic mass is 9.80. The van der Waals surface area contributed by atoms with Crippen LogP contribution in [0, 0.1) is 52.3 Å². The maximum absolute atomic E-state index is 13.9. The van der Waals surface area contributed by atoms with Gasteiger partial charge in [-0.2, -0.15) is 0 Å². The van der Waals surface area contributed by atoms with Crippen LogP contribution in [0.5, 0.6) is 0 Å². The van der Waals surface area contributed by atoms with E-state index >= 15 is 0 Å². The minimum absolute atomic E-state index is 0.0305. The molecule has 0 spiro atoms. The van der Waals surface area contributed by atoms with E-state index in [-0.39, 0.29) is 63.8 Å². The normalized spacial score (nSPS) is 45.9. The van der Waals surface area contributed by atoms with Crippen molar-refractivity contribution in [3.63, 3.8) is 0 Å². The molecular weight excluding hydrogens is 777 g/mol. The van der Waals surface area contributed by atoms with Crippen LogP contribution in [0.4, 0.5) is 0 Å². The van der Waals surface area contributed by atoms with Crippen LogP contribution >= 0.6 is 0 Å². The van der Waals surface area contributed by atoms with Gasteiger partial charge in [0.1, 0.15) is 12.2 Å². The van der Waals surface area contributed by atoms with Crippen LogP contribution in [-0.4, -0.2) is 85.3 Å². The first-order valence-corrected chi connectivity index (χ1v) is 22.5. The molecule has 1 saturated heterocycles. The molecule has 0 aromatic carbocycles. The van der Waals surface area contributed by atoms with E-state index in [1.54, 1.807) is 32.9 Å². The molecule has 0 radical (unpaired) electrons. The summed E-state index contributed by atoms with van der Waals surface area (Å²) >= 11 is 0. The summed E-state index contributed by atoms with van der Waals surface area (Å²) in [5.74, 6) is -2.09. The third kappa shape index (κ3) is 8.38. The van der Waals surface area contributed by atoms with Crippen molar-refractivity contribution in [2.45, 2.75) is 169 Å². The number of allylic oxidation sites excluding steroid dienone is 4. The molecule has 7 aliphatic rings. The SMILES string of the molecule is CCC/C=C/C=C/C(=O)OC1CC2C(/C=C(\C)C(=O)C3(OC(C)=O)C[C@H](C)C(O)C3/C=C\1C)C2(C)C.C[C@@H]1C[C@@H]2[C@H](CC[C@](C)(O)/C=C3/C(=O)[C@@]4(C)O[C@H]4[C@@]3(O)C1=O)C2(C)C. The summed E-state index contributed by atoms with van der Waals surface area (Å²) in [6.45, 7) is 22.7. The predicted molar refractivity (Wildman–Crippen MR) is 229 cm³/mol. The van der Waals surface area contributed by atoms with Gasteiger partial charge in [0, 0.05) is 30.9 Å². The second-order valence-corrected chi connectivity index (χ2v) is 21.2. The second kappa shape index (κ2) is 16.2. The lowest BCUT2D eigenvalue weighted by Crippen LogP contribution is -2.48. The Morgan fingerprint density at radius 1 is 0.902 bits per heavy atom. The highest BCUT2D eigenvalue weighted by atomic mass is 16.6. The Morgan fingerprint density at radius 3 is 2.21 bits per heavy atom. The van der Waals surface area contributed by atoms with Gasteiger partial charge in [-0.15, -0.1) is 0 Å². The molecule has 4 saturated carbocycles. The van der Waals surface area contributed by atoms with Gasteiger partial charge in [-0.1, -0.05) is 85.3 Å². The number of hydrogen-bond acceptors (Lipinski definition) is 11. The molecule has 0 bridgehead atoms. The van der Waals surface area contributed by atoms with Gasteiger partial charge in [0.15, 0.2) is 28.4 Å². The van der Waals surface area contributed by atoms with Gasteiger partial charge < -0.3 is 29.5 Å². The molecule has 14 atom stereocenters. The number of hydrogen-bond donors (Lipinski definition) is 3. The van der Waals surface area contributed by atoms with E-state index < -0.39 is 58.6 Å². The Morgan fingerprint density at radius 2 is 1.57 bits per heavy atom. The minimum atomic E-state index is -1.94. The first-order valence-electron chi connectivity index (χ1n) is 22.5. The first kappa shape index (κ1) is 47.0. The maximum atomic E-state index is 13.9. The molecule has 11 heteroatoms. The second-order valence-electron chi connectivity index (χ2n) is 21.2. The number of esters is 2. The lowest BCUT2D eigenvalue weighted by molar-refractivity contribution is -0.168. The van der Waals surface area contributed by atoms with Gasteiger partial charge in [0.25, 0.3) is 0 Å². The predicted octanol–water partition coefficient (Wildman–Crippen LogP) is 7.06. The Hall–Kier alpha value is -3.51. The van der Waals surface area contributed by atoms with Crippen molar-refractivity contribution in [2.75, 3.05) is 0 Å². The third-order valence-corrected chi connectivity index (χ3v) is 15.8. The van der Waals surface area contributed by atoms with Crippen LogP contribution in [0.2, 0.25) is 0 Å². The summed E-state index contributed by atoms with van der Waals surface area (Å²) in [4.78, 5) is 64.7. The Kier molecular flexibility index (Phi) is 12.5. The van der Waals surface area contributed by atoms with E-state index in [4.69, 9.17) is 14.2 Å². The Bertz CT molecular complexity index is 1980. The smallest absolute Gasteiger partial charge is 0.331 e. The summed E-state index contributed by atoms with van der Waals surface area (Å²) in [5, 5.41) is 33.2. The number of rotatable bonds is 6. The number of aliphatic hydroxyl groups excluding tert-OH is 1. The van der Waals surface area contributed by atoms with Crippen LogP contribution in [0.15, 0.2) is 59.3 Å². The molecule has 11 nitrogen and oxygen atoms in total. The highest BCUT2D eigenvalue weighted by Crippen LogP contribution is 2.65. The molecule has 0 aromatic rings. The summed E-state index contributed by atoms with van der Waals surface area (Å²) < 4.78 is 17.2. The summed E-state index contributed by atoms with van der Waals surface area (Å²) in [6, 6.07) is 0. The monoisotopic (exact) mass is 846 g/mol. The van der Waals surface area contributed by atoms with E-state index in [2.05, 4.69) is 34.6 Å². The average Bonchev–Trinajstić information content (AvgIpc) is 4.07. The quantitative estimate of drug-likeness (QED) is 0.0820. The number of aliphatic hydroxyl groups is 3. The molecule has 5 fully saturated rings. The van der Waals surface area contributed by atoms with Crippen molar-refractivity contribution in [1.29, 1.82) is 0 Å². The largest absolute Gasteiger partial charge is 0.455 e. The minimum Gasteiger partial charge on any atom is -0.455 e. The van der Waals surface area contributed by atoms with Gasteiger partial charge in [-0.05, 0) is 117 Å². The molecule has 3 N–H and O–H groups in total. The highest BCUT2D eigenvalue weighted by Gasteiger charge is 2.79. The number of epoxide rings is 1. The fourth-order valence-corrected chi connectivity index (χ4v) is 11.6. The molecular formula is C50H70O11. The van der Waals surface area contributed by atoms with E-state index in [0.717, 1.165) is 24.8 Å². The van der Waals surface area contributed by atoms with Gasteiger partial charge in [0.05, 0.1) is 17.6 Å². The summed E-state index contributed by atoms with van der Waals surface area (Å²) in [7, 11) is 0. The highest BCUT2D eigenvalue weighted by molar-refractivity contribution is 6.17. The standard InChI is InChI=1S/C30H42O6.C20H28O5/c1-8-9-10-11-12-13-26(32)35-25-16-23-22(29(23,6)7)15-19(3)28(34)30(36-21(5)31)17-20(4)27(33)24(30)14-18(25)2;1-10-8-12-11(17(12,2)3)6-7-18(4,23)9-13-15(22)19(5)16(25-19)20(13,24)14(10)21/h10-15,20,22-25,27,33H,8-9,16-17H2,1-7H3;9-12,16,23-24H,6-8H2,1-5H3/b11-10+,13-12+,18-14-,19-15+;13-9-/t20-,22?,23?,24?,25?,27?,30?;10-,11+,12-,16-,18+,19-,20+/m01/s1. The molecule has 1 aliphatic heterocycles. The number of carbonyl (C=O) groups is 5. The number of unbranched alkanes of at least 4 members (excludes halogenated alkanes) is 1. The van der Waals surface area contributed by atoms with E-state index in [0.29, 0.717) is 36.7 Å². The van der Waals surface area contributed by atoms with Crippen LogP contribution in [0.3, 0.4) is 0 Å². The first-order chi connectivity index (χ1) is 28.2.